The van der Waals surface area contributed by atoms with Crippen LogP contribution in [0.5, 0.6) is 0 Å². The average Bonchev–Trinajstić information content (AvgIpc) is 3.04. The third kappa shape index (κ3) is 9.56. The Hall–Kier alpha value is -1.00. The van der Waals surface area contributed by atoms with Crippen LogP contribution in [-0.2, 0) is 4.43 Å². The van der Waals surface area contributed by atoms with Gasteiger partial charge in [0, 0.05) is 31.6 Å². The van der Waals surface area contributed by atoms with Crippen LogP contribution in [0.2, 0.25) is 18.1 Å². The van der Waals surface area contributed by atoms with Crippen LogP contribution < -0.4 is 5.32 Å². The average molecular weight is 445 g/mol. The summed E-state index contributed by atoms with van der Waals surface area (Å²) in [5.41, 5.74) is 0.0964. The zero-order chi connectivity index (χ0) is 22.2. The van der Waals surface area contributed by atoms with Crippen LogP contribution in [0.25, 0.3) is 0 Å². The SMILES string of the molecule is CN(C)CCN(C)CC(CCCNc1nc(C(=O)O)cs1)O[Si](C)(C)C(C)(C)C. The lowest BCUT2D eigenvalue weighted by Crippen LogP contribution is -2.47. The molecule has 0 fully saturated rings. The molecule has 7 nitrogen and oxygen atoms in total. The van der Waals surface area contributed by atoms with E-state index in [2.05, 4.69) is 75.1 Å². The van der Waals surface area contributed by atoms with E-state index < -0.39 is 14.3 Å². The Balaban J connectivity index is 2.61. The summed E-state index contributed by atoms with van der Waals surface area (Å²) >= 11 is 1.33. The van der Waals surface area contributed by atoms with E-state index >= 15 is 0 Å². The number of thiazole rings is 1. The largest absolute Gasteiger partial charge is 0.476 e. The Morgan fingerprint density at radius 1 is 1.31 bits per heavy atom. The van der Waals surface area contributed by atoms with E-state index in [1.54, 1.807) is 5.38 Å². The molecule has 0 saturated heterocycles. The van der Waals surface area contributed by atoms with Crippen LogP contribution in [0.1, 0.15) is 44.1 Å². The zero-order valence-corrected chi connectivity index (χ0v) is 21.2. The number of aromatic carboxylic acids is 1. The number of carboxylic acids is 1. The highest BCUT2D eigenvalue weighted by molar-refractivity contribution is 7.13. The molecule has 1 unspecified atom stereocenters. The second kappa shape index (κ2) is 11.4. The van der Waals surface area contributed by atoms with Crippen molar-refractivity contribution in [2.24, 2.45) is 0 Å². The van der Waals surface area contributed by atoms with Gasteiger partial charge in [0.05, 0.1) is 6.10 Å². The number of carbonyl (C=O) groups is 1. The molecule has 0 spiro atoms. The summed E-state index contributed by atoms with van der Waals surface area (Å²) in [6, 6.07) is 0. The molecule has 1 atom stereocenters. The summed E-state index contributed by atoms with van der Waals surface area (Å²) < 4.78 is 6.73. The molecule has 1 rings (SSSR count). The summed E-state index contributed by atoms with van der Waals surface area (Å²) in [6.07, 6.45) is 2.10. The Labute approximate surface area is 181 Å². The van der Waals surface area contributed by atoms with E-state index in [9.17, 15) is 4.79 Å². The summed E-state index contributed by atoms with van der Waals surface area (Å²) in [5.74, 6) is -0.988. The van der Waals surface area contributed by atoms with Gasteiger partial charge in [-0.1, -0.05) is 20.8 Å². The van der Waals surface area contributed by atoms with Gasteiger partial charge >= 0.3 is 5.97 Å². The molecule has 0 aliphatic carbocycles. The summed E-state index contributed by atoms with van der Waals surface area (Å²) in [4.78, 5) is 19.6. The molecule has 9 heteroatoms. The maximum atomic E-state index is 10.9. The molecular weight excluding hydrogens is 404 g/mol. The van der Waals surface area contributed by atoms with Crippen LogP contribution in [-0.4, -0.2) is 87.6 Å². The first-order chi connectivity index (χ1) is 13.3. The second-order valence-electron chi connectivity index (χ2n) is 9.48. The summed E-state index contributed by atoms with van der Waals surface area (Å²) in [6.45, 7) is 15.1. The number of anilines is 1. The first-order valence-electron chi connectivity index (χ1n) is 10.3. The van der Waals surface area contributed by atoms with E-state index in [1.165, 1.54) is 11.3 Å². The van der Waals surface area contributed by atoms with Crippen LogP contribution in [0.3, 0.4) is 0 Å². The van der Waals surface area contributed by atoms with Crippen molar-refractivity contribution >= 4 is 30.8 Å². The number of likely N-dealkylation sites (N-methyl/N-ethyl adjacent to an activating group) is 2. The third-order valence-electron chi connectivity index (χ3n) is 5.41. The van der Waals surface area contributed by atoms with Gasteiger partial charge < -0.3 is 24.6 Å². The van der Waals surface area contributed by atoms with Crippen LogP contribution in [0.15, 0.2) is 5.38 Å². The first kappa shape index (κ1) is 26.0. The molecule has 0 saturated carbocycles. The Morgan fingerprint density at radius 2 is 1.97 bits per heavy atom. The number of carboxylic acid groups (broad SMARTS) is 1. The predicted octanol–water partition coefficient (Wildman–Crippen LogP) is 3.92. The molecule has 0 radical (unpaired) electrons. The highest BCUT2D eigenvalue weighted by atomic mass is 32.1. The highest BCUT2D eigenvalue weighted by Crippen LogP contribution is 2.37. The Kier molecular flexibility index (Phi) is 10.2. The first-order valence-corrected chi connectivity index (χ1v) is 14.0. The maximum Gasteiger partial charge on any atom is 0.355 e. The molecule has 1 aromatic heterocycles. The molecule has 2 N–H and O–H groups in total. The fraction of sp³-hybridized carbons (Fsp3) is 0.800. The minimum absolute atomic E-state index is 0.0964. The number of rotatable bonds is 13. The van der Waals surface area contributed by atoms with Gasteiger partial charge in [-0.05, 0) is 52.1 Å². The van der Waals surface area contributed by atoms with Crippen molar-refractivity contribution in [3.05, 3.63) is 11.1 Å². The second-order valence-corrected chi connectivity index (χ2v) is 15.1. The van der Waals surface area contributed by atoms with Crippen LogP contribution >= 0.6 is 11.3 Å². The number of hydrogen-bond acceptors (Lipinski definition) is 7. The molecule has 0 aromatic carbocycles. The fourth-order valence-corrected chi connectivity index (χ4v) is 4.66. The van der Waals surface area contributed by atoms with Crippen LogP contribution in [0, 0.1) is 0 Å². The molecule has 0 aliphatic heterocycles. The standard InChI is InChI=1S/C20H40N4O3SSi/c1-20(2,3)29(7,8)27-16(14-24(6)13-12-23(4)5)10-9-11-21-19-22-17(15-28-19)18(25)26/h15-16H,9-14H2,1-8H3,(H,21,22)(H,25,26). The fourth-order valence-electron chi connectivity index (χ4n) is 2.57. The lowest BCUT2D eigenvalue weighted by atomic mass is 10.2. The zero-order valence-electron chi connectivity index (χ0n) is 19.4. The summed E-state index contributed by atoms with van der Waals surface area (Å²) in [7, 11) is 4.50. The number of nitrogens with one attached hydrogen (secondary N) is 1. The van der Waals surface area contributed by atoms with Crippen molar-refractivity contribution in [1.82, 2.24) is 14.8 Å². The molecule has 1 heterocycles. The van der Waals surface area contributed by atoms with Crippen molar-refractivity contribution in [1.29, 1.82) is 0 Å². The lowest BCUT2D eigenvalue weighted by molar-refractivity contribution is 0.0691. The van der Waals surface area contributed by atoms with Crippen molar-refractivity contribution in [2.45, 2.75) is 57.8 Å². The monoisotopic (exact) mass is 444 g/mol. The molecule has 0 amide bonds. The van der Waals surface area contributed by atoms with Crippen molar-refractivity contribution in [2.75, 3.05) is 52.6 Å². The van der Waals surface area contributed by atoms with Crippen molar-refractivity contribution < 1.29 is 14.3 Å². The number of hydrogen-bond donors (Lipinski definition) is 2. The van der Waals surface area contributed by atoms with E-state index in [-0.39, 0.29) is 16.8 Å². The van der Waals surface area contributed by atoms with Gasteiger partial charge in [-0.2, -0.15) is 0 Å². The highest BCUT2D eigenvalue weighted by Gasteiger charge is 2.39. The normalized spacial score (nSPS) is 13.9. The molecule has 0 aliphatic rings. The topological polar surface area (TPSA) is 77.9 Å². The van der Waals surface area contributed by atoms with Crippen molar-refractivity contribution in [3.8, 4) is 0 Å². The van der Waals surface area contributed by atoms with E-state index in [1.807, 2.05) is 0 Å². The maximum absolute atomic E-state index is 10.9. The third-order valence-corrected chi connectivity index (χ3v) is 10.7. The van der Waals surface area contributed by atoms with Gasteiger partial charge in [-0.3, -0.25) is 0 Å². The Bertz CT molecular complexity index is 631. The summed E-state index contributed by atoms with van der Waals surface area (Å²) in [5, 5.41) is 14.6. The minimum atomic E-state index is -1.85. The quantitative estimate of drug-likeness (QED) is 0.353. The number of aromatic nitrogens is 1. The number of nitrogens with zero attached hydrogens (tertiary/aromatic N) is 3. The van der Waals surface area contributed by atoms with Gasteiger partial charge in [0.1, 0.15) is 0 Å². The van der Waals surface area contributed by atoms with E-state index in [0.717, 1.165) is 39.0 Å². The molecular formula is C20H40N4O3SSi. The van der Waals surface area contributed by atoms with Gasteiger partial charge in [-0.15, -0.1) is 11.3 Å². The molecule has 0 bridgehead atoms. The molecule has 1 aromatic rings. The Morgan fingerprint density at radius 3 is 2.48 bits per heavy atom. The smallest absolute Gasteiger partial charge is 0.355 e. The minimum Gasteiger partial charge on any atom is -0.476 e. The lowest BCUT2D eigenvalue weighted by Gasteiger charge is -2.40. The molecule has 168 valence electrons. The van der Waals surface area contributed by atoms with Gasteiger partial charge in [0.25, 0.3) is 0 Å². The molecule has 29 heavy (non-hydrogen) atoms. The van der Waals surface area contributed by atoms with Gasteiger partial charge in [0.2, 0.25) is 0 Å². The van der Waals surface area contributed by atoms with Crippen LogP contribution in [0.4, 0.5) is 5.13 Å². The van der Waals surface area contributed by atoms with Gasteiger partial charge in [0.15, 0.2) is 19.1 Å². The van der Waals surface area contributed by atoms with E-state index in [0.29, 0.717) is 5.13 Å². The van der Waals surface area contributed by atoms with Gasteiger partial charge in [-0.25, -0.2) is 9.78 Å². The predicted molar refractivity (Wildman–Crippen MR) is 125 cm³/mol. The van der Waals surface area contributed by atoms with E-state index in [4.69, 9.17) is 9.53 Å². The van der Waals surface area contributed by atoms with Crippen molar-refractivity contribution in [3.63, 3.8) is 0 Å².